The molecule has 1 saturated heterocycles. The summed E-state index contributed by atoms with van der Waals surface area (Å²) < 4.78 is 11.5. The molecule has 0 atom stereocenters. The monoisotopic (exact) mass is 524 g/mol. The molecule has 1 aliphatic heterocycles. The Morgan fingerprint density at radius 2 is 1.58 bits per heavy atom. The van der Waals surface area contributed by atoms with E-state index in [1.54, 1.807) is 54.6 Å². The Balaban J connectivity index is 1.55. The molecule has 0 aromatic heterocycles. The minimum Gasteiger partial charge on any atom is -0.493 e. The van der Waals surface area contributed by atoms with E-state index in [4.69, 9.17) is 32.7 Å². The number of ether oxygens (including phenoxy) is 2. The summed E-state index contributed by atoms with van der Waals surface area (Å²) >= 11 is 12.0. The molecule has 4 rings (SSSR count). The van der Waals surface area contributed by atoms with Crippen LogP contribution in [0.1, 0.15) is 24.5 Å². The molecular weight excluding hydrogens is 503 g/mol. The zero-order valence-electron chi connectivity index (χ0n) is 19.3. The molecule has 0 spiro atoms. The van der Waals surface area contributed by atoms with Crippen LogP contribution in [-0.2, 0) is 16.2 Å². The molecule has 3 aromatic rings. The molecule has 1 heterocycles. The Morgan fingerprint density at radius 3 is 2.28 bits per heavy atom. The highest BCUT2D eigenvalue weighted by atomic mass is 35.5. The Bertz CT molecular complexity index is 1320. The van der Waals surface area contributed by atoms with Crippen LogP contribution in [0.2, 0.25) is 10.0 Å². The van der Waals surface area contributed by atoms with Crippen LogP contribution in [0.15, 0.2) is 72.3 Å². The first-order valence-electron chi connectivity index (χ1n) is 11.2. The highest BCUT2D eigenvalue weighted by Crippen LogP contribution is 2.29. The van der Waals surface area contributed by atoms with Crippen LogP contribution in [0.4, 0.5) is 10.5 Å². The van der Waals surface area contributed by atoms with Gasteiger partial charge in [-0.1, -0.05) is 42.3 Å². The molecule has 0 aliphatic carbocycles. The number of carbonyl (C=O) groups excluding carboxylic acids is 3. The fraction of sp³-hybridized carbons (Fsp3) is 0.148. The number of urea groups is 1. The molecule has 1 N–H and O–H groups in total. The molecule has 0 saturated carbocycles. The zero-order chi connectivity index (χ0) is 25.7. The van der Waals surface area contributed by atoms with Crippen LogP contribution < -0.4 is 19.7 Å². The maximum Gasteiger partial charge on any atom is 0.335 e. The lowest BCUT2D eigenvalue weighted by molar-refractivity contribution is -0.122. The van der Waals surface area contributed by atoms with Gasteiger partial charge in [-0.25, -0.2) is 9.69 Å². The number of barbiturate groups is 1. The number of nitrogens with zero attached hydrogens (tertiary/aromatic N) is 1. The number of rotatable bonds is 8. The lowest BCUT2D eigenvalue weighted by Gasteiger charge is -2.26. The summed E-state index contributed by atoms with van der Waals surface area (Å²) in [6.07, 6.45) is 2.15. The standard InChI is InChI=1S/C27H22Cl2N2O5/c1-2-13-35-24-12-7-20(29)14-18(24)15-23-25(32)30-27(34)31(26(23)33)21-8-10-22(11-9-21)36-16-17-3-5-19(28)6-4-17/h3-12,14-15H,2,13,16H2,1H3,(H,30,32,34)/b23-15+. The van der Waals surface area contributed by atoms with E-state index in [2.05, 4.69) is 5.32 Å². The minimum absolute atomic E-state index is 0.221. The van der Waals surface area contributed by atoms with Gasteiger partial charge >= 0.3 is 6.03 Å². The van der Waals surface area contributed by atoms with Crippen molar-refractivity contribution in [1.29, 1.82) is 0 Å². The number of anilines is 1. The van der Waals surface area contributed by atoms with Crippen LogP contribution in [0, 0.1) is 0 Å². The number of halogens is 2. The van der Waals surface area contributed by atoms with Gasteiger partial charge in [-0.2, -0.15) is 0 Å². The van der Waals surface area contributed by atoms with E-state index in [9.17, 15) is 14.4 Å². The van der Waals surface area contributed by atoms with Crippen molar-refractivity contribution in [2.75, 3.05) is 11.5 Å². The number of hydrogen-bond donors (Lipinski definition) is 1. The fourth-order valence-corrected chi connectivity index (χ4v) is 3.77. The Hall–Kier alpha value is -3.81. The first kappa shape index (κ1) is 25.3. The number of imide groups is 2. The van der Waals surface area contributed by atoms with Crippen LogP contribution in [0.3, 0.4) is 0 Å². The van der Waals surface area contributed by atoms with E-state index in [0.29, 0.717) is 40.3 Å². The topological polar surface area (TPSA) is 84.9 Å². The molecule has 184 valence electrons. The summed E-state index contributed by atoms with van der Waals surface area (Å²) in [4.78, 5) is 39.2. The lowest BCUT2D eigenvalue weighted by atomic mass is 10.1. The predicted molar refractivity (Wildman–Crippen MR) is 138 cm³/mol. The van der Waals surface area contributed by atoms with Crippen molar-refractivity contribution in [2.45, 2.75) is 20.0 Å². The minimum atomic E-state index is -0.842. The van der Waals surface area contributed by atoms with Gasteiger partial charge in [-0.3, -0.25) is 14.9 Å². The van der Waals surface area contributed by atoms with Crippen LogP contribution in [0.5, 0.6) is 11.5 Å². The molecule has 0 unspecified atom stereocenters. The second-order valence-corrected chi connectivity index (χ2v) is 8.77. The molecule has 4 amide bonds. The van der Waals surface area contributed by atoms with Crippen molar-refractivity contribution in [3.8, 4) is 11.5 Å². The quantitative estimate of drug-likeness (QED) is 0.287. The number of nitrogens with one attached hydrogen (secondary N) is 1. The molecule has 1 fully saturated rings. The molecule has 0 bridgehead atoms. The van der Waals surface area contributed by atoms with Gasteiger partial charge in [0.1, 0.15) is 23.7 Å². The number of hydrogen-bond acceptors (Lipinski definition) is 5. The smallest absolute Gasteiger partial charge is 0.335 e. The molecule has 36 heavy (non-hydrogen) atoms. The first-order chi connectivity index (χ1) is 17.4. The van der Waals surface area contributed by atoms with E-state index < -0.39 is 17.8 Å². The fourth-order valence-electron chi connectivity index (χ4n) is 3.46. The van der Waals surface area contributed by atoms with E-state index in [-0.39, 0.29) is 11.3 Å². The van der Waals surface area contributed by atoms with E-state index >= 15 is 0 Å². The second-order valence-electron chi connectivity index (χ2n) is 7.90. The van der Waals surface area contributed by atoms with Crippen molar-refractivity contribution < 1.29 is 23.9 Å². The van der Waals surface area contributed by atoms with Crippen LogP contribution in [0.25, 0.3) is 6.08 Å². The van der Waals surface area contributed by atoms with E-state index in [1.165, 1.54) is 6.08 Å². The van der Waals surface area contributed by atoms with Gasteiger partial charge in [0.15, 0.2) is 0 Å². The normalized spacial score (nSPS) is 14.7. The molecule has 7 nitrogen and oxygen atoms in total. The van der Waals surface area contributed by atoms with Gasteiger partial charge in [-0.05, 0) is 72.7 Å². The molecule has 9 heteroatoms. The summed E-state index contributed by atoms with van der Waals surface area (Å²) in [7, 11) is 0. The molecule has 0 radical (unpaired) electrons. The molecule has 1 aliphatic rings. The average molecular weight is 525 g/mol. The maximum atomic E-state index is 13.2. The molecule has 3 aromatic carbocycles. The SMILES string of the molecule is CCCOc1ccc(Cl)cc1/C=C1\C(=O)NC(=O)N(c2ccc(OCc3ccc(Cl)cc3)cc2)C1=O. The maximum absolute atomic E-state index is 13.2. The average Bonchev–Trinajstić information content (AvgIpc) is 2.86. The highest BCUT2D eigenvalue weighted by Gasteiger charge is 2.37. The van der Waals surface area contributed by atoms with Gasteiger partial charge in [0.25, 0.3) is 11.8 Å². The van der Waals surface area contributed by atoms with Gasteiger partial charge < -0.3 is 9.47 Å². The van der Waals surface area contributed by atoms with Gasteiger partial charge in [-0.15, -0.1) is 0 Å². The lowest BCUT2D eigenvalue weighted by Crippen LogP contribution is -2.54. The second kappa shape index (κ2) is 11.3. The number of carbonyl (C=O) groups is 3. The zero-order valence-corrected chi connectivity index (χ0v) is 20.8. The summed E-state index contributed by atoms with van der Waals surface area (Å²) in [5.74, 6) is -0.548. The van der Waals surface area contributed by atoms with Gasteiger partial charge in [0, 0.05) is 15.6 Å². The third-order valence-corrected chi connectivity index (χ3v) is 5.74. The summed E-state index contributed by atoms with van der Waals surface area (Å²) in [5.41, 5.74) is 1.45. The summed E-state index contributed by atoms with van der Waals surface area (Å²) in [6, 6.07) is 17.8. The Labute approximate surface area is 218 Å². The Morgan fingerprint density at radius 1 is 0.889 bits per heavy atom. The molecular formula is C27H22Cl2N2O5. The van der Waals surface area contributed by atoms with Crippen molar-refractivity contribution in [3.63, 3.8) is 0 Å². The van der Waals surface area contributed by atoms with Crippen molar-refractivity contribution in [2.24, 2.45) is 0 Å². The van der Waals surface area contributed by atoms with Crippen molar-refractivity contribution in [3.05, 3.63) is 93.5 Å². The largest absolute Gasteiger partial charge is 0.493 e. The number of amides is 4. The predicted octanol–water partition coefficient (Wildman–Crippen LogP) is 6.03. The van der Waals surface area contributed by atoms with E-state index in [0.717, 1.165) is 16.9 Å². The third kappa shape index (κ3) is 5.87. The summed E-state index contributed by atoms with van der Waals surface area (Å²) in [5, 5.41) is 3.27. The van der Waals surface area contributed by atoms with Crippen molar-refractivity contribution in [1.82, 2.24) is 5.32 Å². The third-order valence-electron chi connectivity index (χ3n) is 5.25. The van der Waals surface area contributed by atoms with Gasteiger partial charge in [0.05, 0.1) is 12.3 Å². The first-order valence-corrected chi connectivity index (χ1v) is 11.9. The highest BCUT2D eigenvalue weighted by molar-refractivity contribution is 6.39. The number of benzene rings is 3. The van der Waals surface area contributed by atoms with Gasteiger partial charge in [0.2, 0.25) is 0 Å². The van der Waals surface area contributed by atoms with Crippen LogP contribution >= 0.6 is 23.2 Å². The Kier molecular flexibility index (Phi) is 7.93. The summed E-state index contributed by atoms with van der Waals surface area (Å²) in [6.45, 7) is 2.74. The van der Waals surface area contributed by atoms with Crippen molar-refractivity contribution >= 4 is 52.8 Å². The van der Waals surface area contributed by atoms with Crippen LogP contribution in [-0.4, -0.2) is 24.5 Å². The van der Waals surface area contributed by atoms with E-state index in [1.807, 2.05) is 19.1 Å².